The second-order valence-corrected chi connectivity index (χ2v) is 5.95. The Morgan fingerprint density at radius 2 is 2.20 bits per heavy atom. The van der Waals surface area contributed by atoms with E-state index in [2.05, 4.69) is 26.2 Å². The van der Waals surface area contributed by atoms with Crippen LogP contribution < -0.4 is 5.32 Å². The van der Waals surface area contributed by atoms with Crippen LogP contribution in [0.25, 0.3) is 0 Å². The fourth-order valence-corrected chi connectivity index (χ4v) is 2.37. The van der Waals surface area contributed by atoms with Crippen molar-refractivity contribution >= 4 is 21.8 Å². The third-order valence-corrected chi connectivity index (χ3v) is 3.46. The predicted octanol–water partition coefficient (Wildman–Crippen LogP) is 3.46. The van der Waals surface area contributed by atoms with Gasteiger partial charge in [0.25, 0.3) is 5.91 Å². The highest BCUT2D eigenvalue weighted by Gasteiger charge is 2.14. The molecule has 5 heteroatoms. The summed E-state index contributed by atoms with van der Waals surface area (Å²) in [6.07, 6.45) is 3.71. The number of nitrogens with zero attached hydrogens (tertiary/aromatic N) is 2. The van der Waals surface area contributed by atoms with E-state index in [4.69, 9.17) is 0 Å². The number of aryl methyl sites for hydroxylation is 1. The van der Waals surface area contributed by atoms with Crippen molar-refractivity contribution in [2.24, 2.45) is 0 Å². The van der Waals surface area contributed by atoms with Crippen molar-refractivity contribution in [3.8, 4) is 0 Å². The molecule has 4 nitrogen and oxygen atoms in total. The summed E-state index contributed by atoms with van der Waals surface area (Å²) in [6, 6.07) is 5.99. The van der Waals surface area contributed by atoms with Gasteiger partial charge in [-0.2, -0.15) is 0 Å². The van der Waals surface area contributed by atoms with Crippen LogP contribution in [0.5, 0.6) is 0 Å². The largest absolute Gasteiger partial charge is 0.347 e. The molecule has 0 spiro atoms. The number of rotatable bonds is 4. The minimum Gasteiger partial charge on any atom is -0.347 e. The molecule has 2 aromatic rings. The maximum Gasteiger partial charge on any atom is 0.268 e. The Bertz CT molecular complexity index is 602. The van der Waals surface area contributed by atoms with Crippen LogP contribution in [0, 0.1) is 6.92 Å². The van der Waals surface area contributed by atoms with E-state index in [1.807, 2.05) is 49.7 Å². The zero-order chi connectivity index (χ0) is 14.7. The number of carbonyl (C=O) groups excluding carboxylic acids is 1. The molecular weight excluding hydrogens is 318 g/mol. The molecule has 2 heterocycles. The van der Waals surface area contributed by atoms with Gasteiger partial charge in [-0.3, -0.25) is 9.78 Å². The van der Waals surface area contributed by atoms with Gasteiger partial charge in [0, 0.05) is 35.1 Å². The molecule has 0 radical (unpaired) electrons. The molecule has 1 N–H and O–H groups in total. The van der Waals surface area contributed by atoms with Gasteiger partial charge >= 0.3 is 0 Å². The van der Waals surface area contributed by atoms with Gasteiger partial charge in [-0.05, 0) is 54.4 Å². The highest BCUT2D eigenvalue weighted by Crippen LogP contribution is 2.19. The molecule has 0 bridgehead atoms. The van der Waals surface area contributed by atoms with Crippen LogP contribution in [0.1, 0.15) is 41.6 Å². The van der Waals surface area contributed by atoms with Crippen LogP contribution in [-0.4, -0.2) is 15.5 Å². The van der Waals surface area contributed by atoms with Crippen molar-refractivity contribution in [1.82, 2.24) is 14.9 Å². The van der Waals surface area contributed by atoms with Gasteiger partial charge in [-0.25, -0.2) is 0 Å². The van der Waals surface area contributed by atoms with Gasteiger partial charge < -0.3 is 9.88 Å². The van der Waals surface area contributed by atoms with Crippen LogP contribution in [0.4, 0.5) is 0 Å². The maximum absolute atomic E-state index is 12.3. The summed E-state index contributed by atoms with van der Waals surface area (Å²) in [5, 5.41) is 2.92. The Balaban J connectivity index is 2.07. The minimum absolute atomic E-state index is 0.0787. The Labute approximate surface area is 127 Å². The number of hydrogen-bond donors (Lipinski definition) is 1. The third-order valence-electron chi connectivity index (χ3n) is 3.03. The molecule has 1 amide bonds. The summed E-state index contributed by atoms with van der Waals surface area (Å²) in [5.41, 5.74) is 2.62. The molecule has 0 aromatic carbocycles. The van der Waals surface area contributed by atoms with E-state index in [-0.39, 0.29) is 11.9 Å². The first kappa shape index (κ1) is 14.8. The summed E-state index contributed by atoms with van der Waals surface area (Å²) in [5.74, 6) is -0.0787. The Kier molecular flexibility index (Phi) is 4.60. The van der Waals surface area contributed by atoms with Crippen molar-refractivity contribution in [3.63, 3.8) is 0 Å². The molecule has 0 aliphatic carbocycles. The average Bonchev–Trinajstić information content (AvgIpc) is 2.80. The fraction of sp³-hybridized carbons (Fsp3) is 0.333. The van der Waals surface area contributed by atoms with Crippen LogP contribution in [0.15, 0.2) is 35.1 Å². The zero-order valence-electron chi connectivity index (χ0n) is 11.9. The number of pyridine rings is 1. The highest BCUT2D eigenvalue weighted by molar-refractivity contribution is 9.10. The van der Waals surface area contributed by atoms with Gasteiger partial charge in [0.15, 0.2) is 0 Å². The van der Waals surface area contributed by atoms with E-state index in [0.29, 0.717) is 12.2 Å². The molecular formula is C15H18BrN3O. The molecule has 2 aromatic heterocycles. The lowest BCUT2D eigenvalue weighted by Crippen LogP contribution is -2.25. The standard InChI is InChI=1S/C15H18BrN3O/c1-10(2)19-9-13(16)6-14(19)15(20)18-8-12-5-4-11(3)17-7-12/h4-7,9-10H,8H2,1-3H3,(H,18,20). The van der Waals surface area contributed by atoms with E-state index >= 15 is 0 Å². The maximum atomic E-state index is 12.3. The van der Waals surface area contributed by atoms with Crippen molar-refractivity contribution < 1.29 is 4.79 Å². The highest BCUT2D eigenvalue weighted by atomic mass is 79.9. The SMILES string of the molecule is Cc1ccc(CNC(=O)c2cc(Br)cn2C(C)C)cn1. The number of carbonyl (C=O) groups is 1. The summed E-state index contributed by atoms with van der Waals surface area (Å²) < 4.78 is 2.86. The summed E-state index contributed by atoms with van der Waals surface area (Å²) in [4.78, 5) is 16.5. The molecule has 2 rings (SSSR count). The van der Waals surface area contributed by atoms with Crippen LogP contribution >= 0.6 is 15.9 Å². The first-order valence-electron chi connectivity index (χ1n) is 6.54. The van der Waals surface area contributed by atoms with Gasteiger partial charge in [0.05, 0.1) is 0 Å². The first-order chi connectivity index (χ1) is 9.47. The van der Waals surface area contributed by atoms with Crippen molar-refractivity contribution in [2.45, 2.75) is 33.4 Å². The van der Waals surface area contributed by atoms with E-state index < -0.39 is 0 Å². The monoisotopic (exact) mass is 335 g/mol. The lowest BCUT2D eigenvalue weighted by atomic mass is 10.2. The molecule has 0 atom stereocenters. The second-order valence-electron chi connectivity index (χ2n) is 5.04. The Hall–Kier alpha value is -1.62. The van der Waals surface area contributed by atoms with Crippen molar-refractivity contribution in [3.05, 3.63) is 52.0 Å². The number of nitrogens with one attached hydrogen (secondary N) is 1. The van der Waals surface area contributed by atoms with Gasteiger partial charge in [-0.1, -0.05) is 6.07 Å². The summed E-state index contributed by atoms with van der Waals surface area (Å²) in [7, 11) is 0. The Morgan fingerprint density at radius 3 is 2.80 bits per heavy atom. The van der Waals surface area contributed by atoms with Crippen LogP contribution in [0.2, 0.25) is 0 Å². The normalized spacial score (nSPS) is 10.8. The average molecular weight is 336 g/mol. The number of halogens is 1. The van der Waals surface area contributed by atoms with E-state index in [0.717, 1.165) is 15.7 Å². The van der Waals surface area contributed by atoms with Crippen molar-refractivity contribution in [1.29, 1.82) is 0 Å². The molecule has 0 fully saturated rings. The Morgan fingerprint density at radius 1 is 1.45 bits per heavy atom. The van der Waals surface area contributed by atoms with Crippen molar-refractivity contribution in [2.75, 3.05) is 0 Å². The van der Waals surface area contributed by atoms with Gasteiger partial charge in [0.1, 0.15) is 5.69 Å². The first-order valence-corrected chi connectivity index (χ1v) is 7.34. The van der Waals surface area contributed by atoms with Gasteiger partial charge in [0.2, 0.25) is 0 Å². The second kappa shape index (κ2) is 6.22. The number of aromatic nitrogens is 2. The molecule has 20 heavy (non-hydrogen) atoms. The quantitative estimate of drug-likeness (QED) is 0.929. The van der Waals surface area contributed by atoms with Crippen LogP contribution in [0.3, 0.4) is 0 Å². The third kappa shape index (κ3) is 3.48. The molecule has 0 saturated heterocycles. The molecule has 106 valence electrons. The molecule has 0 saturated carbocycles. The van der Waals surface area contributed by atoms with E-state index in [9.17, 15) is 4.79 Å². The predicted molar refractivity (Wildman–Crippen MR) is 82.7 cm³/mol. The summed E-state index contributed by atoms with van der Waals surface area (Å²) in [6.45, 7) is 6.52. The molecule has 0 aliphatic heterocycles. The van der Waals surface area contributed by atoms with Crippen LogP contribution in [-0.2, 0) is 6.54 Å². The lowest BCUT2D eigenvalue weighted by Gasteiger charge is -2.12. The van der Waals surface area contributed by atoms with Gasteiger partial charge in [-0.15, -0.1) is 0 Å². The van der Waals surface area contributed by atoms with E-state index in [1.54, 1.807) is 6.20 Å². The zero-order valence-corrected chi connectivity index (χ0v) is 13.4. The lowest BCUT2D eigenvalue weighted by molar-refractivity contribution is 0.0940. The minimum atomic E-state index is -0.0787. The summed E-state index contributed by atoms with van der Waals surface area (Å²) >= 11 is 3.41. The molecule has 0 aliphatic rings. The molecule has 0 unspecified atom stereocenters. The number of hydrogen-bond acceptors (Lipinski definition) is 2. The number of amides is 1. The topological polar surface area (TPSA) is 46.9 Å². The van der Waals surface area contributed by atoms with E-state index in [1.165, 1.54) is 0 Å². The smallest absolute Gasteiger partial charge is 0.268 e. The fourth-order valence-electron chi connectivity index (χ4n) is 1.93.